The van der Waals surface area contributed by atoms with Crippen LogP contribution in [0.3, 0.4) is 0 Å². The van der Waals surface area contributed by atoms with Gasteiger partial charge in [0.2, 0.25) is 0 Å². The molecule has 0 aromatic rings. The molecule has 7 aliphatic rings. The van der Waals surface area contributed by atoms with Crippen LogP contribution >= 0.6 is 0 Å². The Morgan fingerprint density at radius 3 is 1.76 bits per heavy atom. The maximum absolute atomic E-state index is 2.76. The molecule has 0 heterocycles. The van der Waals surface area contributed by atoms with Crippen LogP contribution in [-0.4, -0.2) is 0 Å². The lowest BCUT2D eigenvalue weighted by Crippen LogP contribution is -2.37. The van der Waals surface area contributed by atoms with E-state index < -0.39 is 0 Å². The van der Waals surface area contributed by atoms with Crippen molar-refractivity contribution in [1.82, 2.24) is 0 Å². The minimum Gasteiger partial charge on any atom is -0.0585 e. The Labute approximate surface area is 105 Å². The Hall–Kier alpha value is 0. The van der Waals surface area contributed by atoms with Gasteiger partial charge in [-0.1, -0.05) is 20.3 Å². The summed E-state index contributed by atoms with van der Waals surface area (Å²) in [6.07, 6.45) is 8.01. The highest BCUT2D eigenvalue weighted by Crippen LogP contribution is 2.94. The summed E-state index contributed by atoms with van der Waals surface area (Å²) in [6, 6.07) is 0. The van der Waals surface area contributed by atoms with Gasteiger partial charge in [-0.3, -0.25) is 0 Å². The van der Waals surface area contributed by atoms with Gasteiger partial charge in [0.05, 0.1) is 0 Å². The fourth-order valence-corrected chi connectivity index (χ4v) is 9.84. The summed E-state index contributed by atoms with van der Waals surface area (Å²) in [5, 5.41) is 0. The zero-order valence-electron chi connectivity index (χ0n) is 11.2. The van der Waals surface area contributed by atoms with E-state index in [9.17, 15) is 0 Å². The van der Waals surface area contributed by atoms with Gasteiger partial charge in [-0.2, -0.15) is 0 Å². The fourth-order valence-electron chi connectivity index (χ4n) is 9.84. The van der Waals surface area contributed by atoms with Gasteiger partial charge in [-0.05, 0) is 83.9 Å². The van der Waals surface area contributed by atoms with Gasteiger partial charge in [0.15, 0.2) is 0 Å². The monoisotopic (exact) mass is 228 g/mol. The zero-order valence-corrected chi connectivity index (χ0v) is 11.2. The quantitative estimate of drug-likeness (QED) is 0.588. The summed E-state index contributed by atoms with van der Waals surface area (Å²) in [5.41, 5.74) is 1.62. The second kappa shape index (κ2) is 2.14. The van der Waals surface area contributed by atoms with Gasteiger partial charge in [0.25, 0.3) is 0 Å². The van der Waals surface area contributed by atoms with Crippen molar-refractivity contribution in [2.24, 2.45) is 58.2 Å². The highest BCUT2D eigenvalue weighted by atomic mass is 14.9. The third kappa shape index (κ3) is 0.543. The number of hydrogen-bond donors (Lipinski definition) is 0. The van der Waals surface area contributed by atoms with Gasteiger partial charge in [0.1, 0.15) is 0 Å². The van der Waals surface area contributed by atoms with Crippen LogP contribution in [0.4, 0.5) is 0 Å². The van der Waals surface area contributed by atoms with Crippen LogP contribution in [0.15, 0.2) is 0 Å². The summed E-state index contributed by atoms with van der Waals surface area (Å²) in [5.74, 6) is 9.54. The minimum absolute atomic E-state index is 0.808. The van der Waals surface area contributed by atoms with E-state index in [1.165, 1.54) is 47.3 Å². The molecule has 0 aromatic carbocycles. The molecule has 0 aliphatic heterocycles. The van der Waals surface area contributed by atoms with Crippen molar-refractivity contribution in [1.29, 1.82) is 0 Å². The number of hydrogen-bond acceptors (Lipinski definition) is 0. The lowest BCUT2D eigenvalue weighted by molar-refractivity contribution is 0.0530. The smallest absolute Gasteiger partial charge is 0.0199 e. The Morgan fingerprint density at radius 2 is 1.24 bits per heavy atom. The molecule has 7 saturated carbocycles. The average molecular weight is 228 g/mol. The third-order valence-corrected chi connectivity index (χ3v) is 9.63. The predicted octanol–water partition coefficient (Wildman–Crippen LogP) is 3.96. The lowest BCUT2D eigenvalue weighted by atomic mass is 9.62. The van der Waals surface area contributed by atoms with E-state index in [1.54, 1.807) is 32.1 Å². The Balaban J connectivity index is 1.65. The van der Waals surface area contributed by atoms with Gasteiger partial charge in [-0.25, -0.2) is 0 Å². The predicted molar refractivity (Wildman–Crippen MR) is 67.2 cm³/mol. The molecule has 7 fully saturated rings. The second-order valence-corrected chi connectivity index (χ2v) is 8.82. The molecule has 17 heavy (non-hydrogen) atoms. The summed E-state index contributed by atoms with van der Waals surface area (Å²) < 4.78 is 0. The SMILES string of the molecule is CC12C3CCC1C1C3C3C4CCCC4C1C32C. The first-order valence-corrected chi connectivity index (χ1v) is 8.20. The van der Waals surface area contributed by atoms with Crippen LogP contribution in [-0.2, 0) is 0 Å². The first-order chi connectivity index (χ1) is 8.20. The largest absolute Gasteiger partial charge is 0.0585 e. The van der Waals surface area contributed by atoms with Crippen molar-refractivity contribution in [3.63, 3.8) is 0 Å². The molecule has 0 nitrogen and oxygen atoms in total. The molecule has 8 atom stereocenters. The van der Waals surface area contributed by atoms with E-state index in [4.69, 9.17) is 0 Å². The summed E-state index contributed by atoms with van der Waals surface area (Å²) >= 11 is 0. The standard InChI is InChI=1S/C17H24/c1-16-10-6-7-11(16)13-12(10)14-8-4-3-5-9(8)15(13)17(14,16)2/h8-15H,3-7H2,1-2H3. The van der Waals surface area contributed by atoms with E-state index in [-0.39, 0.29) is 0 Å². The van der Waals surface area contributed by atoms with E-state index in [0.29, 0.717) is 0 Å². The molecule has 8 bridgehead atoms. The molecule has 0 N–H and O–H groups in total. The first kappa shape index (κ1) is 8.99. The average Bonchev–Trinajstić information content (AvgIpc) is 3.03. The number of rotatable bonds is 0. The molecule has 0 saturated heterocycles. The highest BCUT2D eigenvalue weighted by molar-refractivity contribution is 5.37. The zero-order chi connectivity index (χ0) is 11.2. The topological polar surface area (TPSA) is 0 Å². The van der Waals surface area contributed by atoms with Crippen molar-refractivity contribution in [3.05, 3.63) is 0 Å². The second-order valence-electron chi connectivity index (χ2n) is 8.82. The van der Waals surface area contributed by atoms with Crippen LogP contribution in [0, 0.1) is 58.2 Å². The van der Waals surface area contributed by atoms with Crippen molar-refractivity contribution in [2.45, 2.75) is 46.0 Å². The van der Waals surface area contributed by atoms with Crippen molar-refractivity contribution < 1.29 is 0 Å². The van der Waals surface area contributed by atoms with Crippen LogP contribution in [0.2, 0.25) is 0 Å². The minimum atomic E-state index is 0.808. The molecule has 0 radical (unpaired) electrons. The summed E-state index contributed by atoms with van der Waals surface area (Å²) in [7, 11) is 0. The van der Waals surface area contributed by atoms with Crippen LogP contribution in [0.1, 0.15) is 46.0 Å². The van der Waals surface area contributed by atoms with Gasteiger partial charge < -0.3 is 0 Å². The fraction of sp³-hybridized carbons (Fsp3) is 1.00. The molecule has 92 valence electrons. The molecule has 0 amide bonds. The maximum Gasteiger partial charge on any atom is -0.0199 e. The van der Waals surface area contributed by atoms with Gasteiger partial charge >= 0.3 is 0 Å². The molecule has 7 aliphatic carbocycles. The summed E-state index contributed by atoms with van der Waals surface area (Å²) in [6.45, 7) is 5.50. The molecule has 8 unspecified atom stereocenters. The Kier molecular flexibility index (Phi) is 1.13. The van der Waals surface area contributed by atoms with E-state index >= 15 is 0 Å². The van der Waals surface area contributed by atoms with E-state index in [2.05, 4.69) is 13.8 Å². The molecule has 7 rings (SSSR count). The molecule has 0 spiro atoms. The molecular formula is C17H24. The van der Waals surface area contributed by atoms with E-state index in [1.807, 2.05) is 0 Å². The first-order valence-electron chi connectivity index (χ1n) is 8.20. The molecule has 0 aromatic heterocycles. The maximum atomic E-state index is 2.76. The van der Waals surface area contributed by atoms with Gasteiger partial charge in [0, 0.05) is 0 Å². The van der Waals surface area contributed by atoms with Crippen molar-refractivity contribution in [3.8, 4) is 0 Å². The van der Waals surface area contributed by atoms with E-state index in [0.717, 1.165) is 10.8 Å². The van der Waals surface area contributed by atoms with Crippen molar-refractivity contribution >= 4 is 0 Å². The van der Waals surface area contributed by atoms with Crippen LogP contribution < -0.4 is 0 Å². The molecular weight excluding hydrogens is 204 g/mol. The Bertz CT molecular complexity index is 403. The third-order valence-electron chi connectivity index (χ3n) is 9.63. The highest BCUT2D eigenvalue weighted by Gasteiger charge is 2.90. The normalized spacial score (nSPS) is 80.8. The molecule has 0 heteroatoms. The Morgan fingerprint density at radius 1 is 0.706 bits per heavy atom. The van der Waals surface area contributed by atoms with Crippen molar-refractivity contribution in [2.75, 3.05) is 0 Å². The van der Waals surface area contributed by atoms with Crippen LogP contribution in [0.25, 0.3) is 0 Å². The van der Waals surface area contributed by atoms with Gasteiger partial charge in [-0.15, -0.1) is 0 Å². The summed E-state index contributed by atoms with van der Waals surface area (Å²) in [4.78, 5) is 0. The number of fused-ring (bicyclic) bond motifs is 1. The lowest BCUT2D eigenvalue weighted by Gasteiger charge is -2.42. The van der Waals surface area contributed by atoms with Crippen LogP contribution in [0.5, 0.6) is 0 Å².